The lowest BCUT2D eigenvalue weighted by Crippen LogP contribution is -2.49. The van der Waals surface area contributed by atoms with Crippen LogP contribution in [0, 0.1) is 0 Å². The molecular weight excluding hydrogens is 248 g/mol. The minimum Gasteiger partial charge on any atom is -0.480 e. The molecule has 1 saturated heterocycles. The van der Waals surface area contributed by atoms with E-state index in [0.717, 1.165) is 23.7 Å². The highest BCUT2D eigenvalue weighted by Crippen LogP contribution is 2.29. The van der Waals surface area contributed by atoms with Gasteiger partial charge < -0.3 is 10.4 Å². The first-order valence-electron chi connectivity index (χ1n) is 6.27. The third kappa shape index (κ3) is 2.57. The van der Waals surface area contributed by atoms with Crippen molar-refractivity contribution >= 4 is 17.3 Å². The Morgan fingerprint density at radius 3 is 2.78 bits per heavy atom. The zero-order valence-corrected chi connectivity index (χ0v) is 11.9. The molecule has 2 N–H and O–H groups in total. The molecule has 0 aromatic carbocycles. The molecule has 1 aliphatic heterocycles. The Kier molecular flexibility index (Phi) is 3.47. The van der Waals surface area contributed by atoms with Gasteiger partial charge >= 0.3 is 5.97 Å². The Balaban J connectivity index is 2.18. The van der Waals surface area contributed by atoms with E-state index in [9.17, 15) is 9.90 Å². The van der Waals surface area contributed by atoms with Gasteiger partial charge in [0.2, 0.25) is 0 Å². The van der Waals surface area contributed by atoms with Gasteiger partial charge in [0.05, 0.1) is 10.7 Å². The molecule has 1 aromatic rings. The summed E-state index contributed by atoms with van der Waals surface area (Å²) in [6.07, 6.45) is 2.10. The second-order valence-corrected chi connectivity index (χ2v) is 6.91. The van der Waals surface area contributed by atoms with Crippen LogP contribution in [0.3, 0.4) is 0 Å². The number of hydrogen-bond acceptors (Lipinski definition) is 4. The zero-order chi connectivity index (χ0) is 13.4. The number of carboxylic acid groups (broad SMARTS) is 1. The summed E-state index contributed by atoms with van der Waals surface area (Å²) >= 11 is 1.56. The molecule has 0 bridgehead atoms. The number of aromatic nitrogens is 1. The largest absolute Gasteiger partial charge is 0.480 e. The molecular formula is C13H20N2O2S. The van der Waals surface area contributed by atoms with E-state index in [2.05, 4.69) is 31.1 Å². The first-order chi connectivity index (χ1) is 8.33. The summed E-state index contributed by atoms with van der Waals surface area (Å²) in [5, 5.41) is 15.5. The first kappa shape index (κ1) is 13.5. The predicted octanol–water partition coefficient (Wildman–Crippen LogP) is 2.19. The maximum absolute atomic E-state index is 11.4. The maximum Gasteiger partial charge on any atom is 0.324 e. The standard InChI is InChI=1S/C13H20N2O2S/c1-12(2,3)9-8-18-10(15-9)7-13(11(16)17)5-4-6-14-13/h8,14H,4-7H2,1-3H3,(H,16,17). The smallest absolute Gasteiger partial charge is 0.324 e. The topological polar surface area (TPSA) is 62.2 Å². The Bertz CT molecular complexity index is 442. The highest BCUT2D eigenvalue weighted by atomic mass is 32.1. The van der Waals surface area contributed by atoms with Gasteiger partial charge in [-0.25, -0.2) is 4.98 Å². The number of carboxylic acids is 1. The monoisotopic (exact) mass is 268 g/mol. The van der Waals surface area contributed by atoms with Gasteiger partial charge in [0.15, 0.2) is 0 Å². The van der Waals surface area contributed by atoms with E-state index < -0.39 is 11.5 Å². The van der Waals surface area contributed by atoms with Gasteiger partial charge in [0, 0.05) is 17.2 Å². The van der Waals surface area contributed by atoms with Crippen molar-refractivity contribution in [2.24, 2.45) is 0 Å². The van der Waals surface area contributed by atoms with Crippen molar-refractivity contribution in [1.82, 2.24) is 10.3 Å². The molecule has 0 saturated carbocycles. The van der Waals surface area contributed by atoms with E-state index in [4.69, 9.17) is 0 Å². The average molecular weight is 268 g/mol. The van der Waals surface area contributed by atoms with Crippen LogP contribution >= 0.6 is 11.3 Å². The van der Waals surface area contributed by atoms with Crippen molar-refractivity contribution in [1.29, 1.82) is 0 Å². The normalized spacial score (nSPS) is 24.4. The number of nitrogens with zero attached hydrogens (tertiary/aromatic N) is 1. The fourth-order valence-electron chi connectivity index (χ4n) is 2.21. The molecule has 1 aliphatic rings. The van der Waals surface area contributed by atoms with Crippen LogP contribution in [-0.2, 0) is 16.6 Å². The lowest BCUT2D eigenvalue weighted by molar-refractivity contribution is -0.144. The maximum atomic E-state index is 11.4. The lowest BCUT2D eigenvalue weighted by atomic mass is 9.92. The molecule has 0 amide bonds. The summed E-state index contributed by atoms with van der Waals surface area (Å²) in [5.74, 6) is -0.757. The van der Waals surface area contributed by atoms with Crippen LogP contribution in [0.25, 0.3) is 0 Å². The molecule has 100 valence electrons. The van der Waals surface area contributed by atoms with E-state index >= 15 is 0 Å². The average Bonchev–Trinajstić information content (AvgIpc) is 2.86. The molecule has 5 heteroatoms. The Labute approximate surface area is 111 Å². The van der Waals surface area contributed by atoms with Gasteiger partial charge in [-0.2, -0.15) is 0 Å². The molecule has 0 radical (unpaired) electrons. The van der Waals surface area contributed by atoms with E-state index in [1.54, 1.807) is 11.3 Å². The SMILES string of the molecule is CC(C)(C)c1csc(CC2(C(=O)O)CCCN2)n1. The molecule has 1 fully saturated rings. The molecule has 1 atom stereocenters. The van der Waals surface area contributed by atoms with Crippen LogP contribution in [-0.4, -0.2) is 28.1 Å². The van der Waals surface area contributed by atoms with Crippen molar-refractivity contribution in [3.05, 3.63) is 16.1 Å². The van der Waals surface area contributed by atoms with Gasteiger partial charge in [-0.3, -0.25) is 4.79 Å². The molecule has 0 aliphatic carbocycles. The van der Waals surface area contributed by atoms with Gasteiger partial charge in [-0.05, 0) is 19.4 Å². The van der Waals surface area contributed by atoms with Crippen molar-refractivity contribution in [2.45, 2.75) is 51.0 Å². The van der Waals surface area contributed by atoms with Crippen LogP contribution in [0.4, 0.5) is 0 Å². The van der Waals surface area contributed by atoms with E-state index in [0.29, 0.717) is 12.8 Å². The van der Waals surface area contributed by atoms with Crippen LogP contribution in [0.2, 0.25) is 0 Å². The van der Waals surface area contributed by atoms with Crippen LogP contribution < -0.4 is 5.32 Å². The summed E-state index contributed by atoms with van der Waals surface area (Å²) in [5.41, 5.74) is 0.266. The Morgan fingerprint density at radius 2 is 2.33 bits per heavy atom. The fraction of sp³-hybridized carbons (Fsp3) is 0.692. The van der Waals surface area contributed by atoms with Crippen LogP contribution in [0.15, 0.2) is 5.38 Å². The molecule has 1 unspecified atom stereocenters. The van der Waals surface area contributed by atoms with Crippen molar-refractivity contribution in [3.63, 3.8) is 0 Å². The first-order valence-corrected chi connectivity index (χ1v) is 7.15. The highest BCUT2D eigenvalue weighted by Gasteiger charge is 2.42. The second-order valence-electron chi connectivity index (χ2n) is 5.97. The minimum absolute atomic E-state index is 0.0221. The number of aliphatic carboxylic acids is 1. The molecule has 0 spiro atoms. The summed E-state index contributed by atoms with van der Waals surface area (Å²) in [6.45, 7) is 7.13. The third-order valence-corrected chi connectivity index (χ3v) is 4.28. The molecule has 2 heterocycles. The van der Waals surface area contributed by atoms with Crippen LogP contribution in [0.1, 0.15) is 44.3 Å². The van der Waals surface area contributed by atoms with Gasteiger partial charge in [0.25, 0.3) is 0 Å². The van der Waals surface area contributed by atoms with Gasteiger partial charge in [-0.1, -0.05) is 20.8 Å². The summed E-state index contributed by atoms with van der Waals surface area (Å²) in [4.78, 5) is 16.0. The summed E-state index contributed by atoms with van der Waals surface area (Å²) in [6, 6.07) is 0. The van der Waals surface area contributed by atoms with E-state index in [1.807, 2.05) is 5.38 Å². The number of nitrogens with one attached hydrogen (secondary N) is 1. The van der Waals surface area contributed by atoms with Crippen molar-refractivity contribution < 1.29 is 9.90 Å². The number of thiazole rings is 1. The lowest BCUT2D eigenvalue weighted by Gasteiger charge is -2.23. The molecule has 4 nitrogen and oxygen atoms in total. The molecule has 1 aromatic heterocycles. The van der Waals surface area contributed by atoms with Gasteiger partial charge in [-0.15, -0.1) is 11.3 Å². The predicted molar refractivity (Wildman–Crippen MR) is 72.1 cm³/mol. The molecule has 2 rings (SSSR count). The third-order valence-electron chi connectivity index (χ3n) is 3.43. The van der Waals surface area contributed by atoms with Crippen LogP contribution in [0.5, 0.6) is 0 Å². The zero-order valence-electron chi connectivity index (χ0n) is 11.1. The number of hydrogen-bond donors (Lipinski definition) is 2. The van der Waals surface area contributed by atoms with Crippen molar-refractivity contribution in [3.8, 4) is 0 Å². The quantitative estimate of drug-likeness (QED) is 0.882. The number of rotatable bonds is 3. The molecule has 18 heavy (non-hydrogen) atoms. The summed E-state index contributed by atoms with van der Waals surface area (Å²) in [7, 11) is 0. The number of carbonyl (C=O) groups is 1. The van der Waals surface area contributed by atoms with E-state index in [1.165, 1.54) is 0 Å². The fourth-order valence-corrected chi connectivity index (χ4v) is 3.34. The van der Waals surface area contributed by atoms with Gasteiger partial charge in [0.1, 0.15) is 5.54 Å². The minimum atomic E-state index is -0.799. The Hall–Kier alpha value is -0.940. The second kappa shape index (κ2) is 4.63. The summed E-state index contributed by atoms with van der Waals surface area (Å²) < 4.78 is 0. The highest BCUT2D eigenvalue weighted by molar-refractivity contribution is 7.09. The Morgan fingerprint density at radius 1 is 1.61 bits per heavy atom. The van der Waals surface area contributed by atoms with Crippen molar-refractivity contribution in [2.75, 3.05) is 6.54 Å². The van der Waals surface area contributed by atoms with E-state index in [-0.39, 0.29) is 5.41 Å².